The Morgan fingerprint density at radius 2 is 1.57 bits per heavy atom. The van der Waals surface area contributed by atoms with Crippen LogP contribution in [0.2, 0.25) is 5.02 Å². The predicted octanol–water partition coefficient (Wildman–Crippen LogP) is 5.96. The minimum atomic E-state index is -4.25. The van der Waals surface area contributed by atoms with Gasteiger partial charge in [-0.25, -0.2) is 8.42 Å². The summed E-state index contributed by atoms with van der Waals surface area (Å²) in [7, 11) is -4.25. The SMILES string of the molecule is CCOc1ccccc1N(CC(=O)N(Cc1ccccc1C)[C@@H](CC)C(=O)N[C@H](C)CC)S(=O)(=O)c1ccc(Cl)cc1. The van der Waals surface area contributed by atoms with Crippen molar-refractivity contribution in [2.75, 3.05) is 17.5 Å². The lowest BCUT2D eigenvalue weighted by Gasteiger charge is -2.34. The molecular formula is C32H40ClN3O5S. The zero-order valence-electron chi connectivity index (χ0n) is 24.8. The van der Waals surface area contributed by atoms with E-state index in [0.717, 1.165) is 21.9 Å². The molecule has 8 nitrogen and oxygen atoms in total. The lowest BCUT2D eigenvalue weighted by atomic mass is 10.1. The van der Waals surface area contributed by atoms with Crippen molar-refractivity contribution >= 4 is 39.1 Å². The van der Waals surface area contributed by atoms with Crippen LogP contribution in [0.25, 0.3) is 0 Å². The molecule has 226 valence electrons. The quantitative estimate of drug-likeness (QED) is 0.242. The van der Waals surface area contributed by atoms with Gasteiger partial charge < -0.3 is 15.0 Å². The van der Waals surface area contributed by atoms with Gasteiger partial charge in [-0.2, -0.15) is 0 Å². The van der Waals surface area contributed by atoms with Crippen LogP contribution < -0.4 is 14.4 Å². The van der Waals surface area contributed by atoms with E-state index in [0.29, 0.717) is 23.8 Å². The Morgan fingerprint density at radius 3 is 2.19 bits per heavy atom. The smallest absolute Gasteiger partial charge is 0.264 e. The fourth-order valence-corrected chi connectivity index (χ4v) is 6.07. The minimum absolute atomic E-state index is 0.0296. The van der Waals surface area contributed by atoms with Crippen molar-refractivity contribution in [3.63, 3.8) is 0 Å². The van der Waals surface area contributed by atoms with E-state index in [1.807, 2.05) is 52.0 Å². The monoisotopic (exact) mass is 613 g/mol. The van der Waals surface area contributed by atoms with Gasteiger partial charge in [0.15, 0.2) is 0 Å². The lowest BCUT2D eigenvalue weighted by molar-refractivity contribution is -0.140. The normalized spacial score (nSPS) is 12.7. The first-order valence-electron chi connectivity index (χ1n) is 14.2. The summed E-state index contributed by atoms with van der Waals surface area (Å²) in [5.74, 6) is -0.485. The highest BCUT2D eigenvalue weighted by atomic mass is 35.5. The Kier molecular flexibility index (Phi) is 11.8. The van der Waals surface area contributed by atoms with E-state index in [2.05, 4.69) is 5.32 Å². The molecule has 3 aromatic carbocycles. The second-order valence-corrected chi connectivity index (χ2v) is 12.4. The van der Waals surface area contributed by atoms with E-state index in [4.69, 9.17) is 16.3 Å². The summed E-state index contributed by atoms with van der Waals surface area (Å²) in [6.45, 7) is 9.34. The molecule has 0 saturated carbocycles. The Hall–Kier alpha value is -3.56. The third-order valence-corrected chi connectivity index (χ3v) is 9.13. The summed E-state index contributed by atoms with van der Waals surface area (Å²) in [6, 6.07) is 19.2. The molecule has 0 aromatic heterocycles. The van der Waals surface area contributed by atoms with Gasteiger partial charge in [0.2, 0.25) is 11.8 Å². The Labute approximate surface area is 254 Å². The van der Waals surface area contributed by atoms with Crippen LogP contribution in [0.3, 0.4) is 0 Å². The average molecular weight is 614 g/mol. The number of hydrogen-bond acceptors (Lipinski definition) is 5. The van der Waals surface area contributed by atoms with Crippen molar-refractivity contribution in [3.8, 4) is 5.75 Å². The zero-order chi connectivity index (χ0) is 30.9. The van der Waals surface area contributed by atoms with E-state index in [9.17, 15) is 18.0 Å². The van der Waals surface area contributed by atoms with Crippen LogP contribution >= 0.6 is 11.6 Å². The topological polar surface area (TPSA) is 96.0 Å². The number of benzene rings is 3. The molecule has 42 heavy (non-hydrogen) atoms. The number of halogens is 1. The lowest BCUT2D eigenvalue weighted by Crippen LogP contribution is -2.53. The first kappa shape index (κ1) is 32.9. The largest absolute Gasteiger partial charge is 0.492 e. The Morgan fingerprint density at radius 1 is 0.929 bits per heavy atom. The fraction of sp³-hybridized carbons (Fsp3) is 0.375. The number of nitrogens with zero attached hydrogens (tertiary/aromatic N) is 2. The zero-order valence-corrected chi connectivity index (χ0v) is 26.4. The third kappa shape index (κ3) is 8.04. The number of carbonyl (C=O) groups excluding carboxylic acids is 2. The number of para-hydroxylation sites is 2. The highest BCUT2D eigenvalue weighted by molar-refractivity contribution is 7.92. The van der Waals surface area contributed by atoms with Crippen LogP contribution in [0.4, 0.5) is 5.69 Å². The van der Waals surface area contributed by atoms with Gasteiger partial charge in [0, 0.05) is 17.6 Å². The molecule has 0 unspecified atom stereocenters. The van der Waals surface area contributed by atoms with E-state index < -0.39 is 28.5 Å². The van der Waals surface area contributed by atoms with Crippen LogP contribution in [0, 0.1) is 6.92 Å². The number of amides is 2. The maximum absolute atomic E-state index is 14.3. The van der Waals surface area contributed by atoms with Crippen molar-refractivity contribution in [1.82, 2.24) is 10.2 Å². The van der Waals surface area contributed by atoms with Crippen molar-refractivity contribution < 1.29 is 22.7 Å². The van der Waals surface area contributed by atoms with Gasteiger partial charge in [-0.15, -0.1) is 0 Å². The third-order valence-electron chi connectivity index (χ3n) is 7.10. The highest BCUT2D eigenvalue weighted by Gasteiger charge is 2.35. The van der Waals surface area contributed by atoms with E-state index in [1.165, 1.54) is 29.2 Å². The molecule has 10 heteroatoms. The molecule has 0 fully saturated rings. The molecule has 2 amide bonds. The molecule has 0 radical (unpaired) electrons. The van der Waals surface area contributed by atoms with Crippen molar-refractivity contribution in [3.05, 3.63) is 88.9 Å². The van der Waals surface area contributed by atoms with Crippen LogP contribution in [-0.4, -0.2) is 50.4 Å². The number of sulfonamides is 1. The second kappa shape index (κ2) is 15.1. The van der Waals surface area contributed by atoms with Gasteiger partial charge in [0.25, 0.3) is 10.0 Å². The van der Waals surface area contributed by atoms with Gasteiger partial charge in [0.05, 0.1) is 17.2 Å². The van der Waals surface area contributed by atoms with Crippen LogP contribution in [0.1, 0.15) is 51.7 Å². The van der Waals surface area contributed by atoms with E-state index in [-0.39, 0.29) is 29.1 Å². The molecule has 3 rings (SSSR count). The summed E-state index contributed by atoms with van der Waals surface area (Å²) < 4.78 is 35.0. The fourth-order valence-electron chi connectivity index (χ4n) is 4.52. The summed E-state index contributed by atoms with van der Waals surface area (Å²) in [4.78, 5) is 29.2. The molecular weight excluding hydrogens is 574 g/mol. The summed E-state index contributed by atoms with van der Waals surface area (Å²) >= 11 is 6.04. The average Bonchev–Trinajstić information content (AvgIpc) is 2.97. The van der Waals surface area contributed by atoms with Gasteiger partial charge in [0.1, 0.15) is 18.3 Å². The standard InChI is InChI=1S/C32H40ClN3O5S/c1-6-24(5)34-32(38)28(7-2)35(21-25-14-10-9-13-23(25)4)31(37)22-36(29-15-11-12-16-30(29)41-8-3)42(39,40)27-19-17-26(33)18-20-27/h9-20,24,28H,6-8,21-22H2,1-5H3,(H,34,38)/t24-,28+/m1/s1. The van der Waals surface area contributed by atoms with Crippen molar-refractivity contribution in [2.24, 2.45) is 0 Å². The van der Waals surface area contributed by atoms with Gasteiger partial charge in [-0.05, 0) is 81.1 Å². The first-order chi connectivity index (χ1) is 20.0. The maximum atomic E-state index is 14.3. The van der Waals surface area contributed by atoms with Crippen molar-refractivity contribution in [2.45, 2.75) is 71.0 Å². The highest BCUT2D eigenvalue weighted by Crippen LogP contribution is 2.33. The second-order valence-electron chi connectivity index (χ2n) is 10.1. The molecule has 2 atom stereocenters. The van der Waals surface area contributed by atoms with Gasteiger partial charge in [-0.3, -0.25) is 13.9 Å². The van der Waals surface area contributed by atoms with E-state index in [1.54, 1.807) is 31.2 Å². The number of aryl methyl sites for hydroxylation is 1. The number of rotatable bonds is 14. The Balaban J connectivity index is 2.12. The maximum Gasteiger partial charge on any atom is 0.264 e. The van der Waals surface area contributed by atoms with Gasteiger partial charge in [-0.1, -0.05) is 61.8 Å². The number of carbonyl (C=O) groups is 2. The summed E-state index contributed by atoms with van der Waals surface area (Å²) in [5, 5.41) is 3.37. The molecule has 1 N–H and O–H groups in total. The molecule has 0 saturated heterocycles. The molecule has 0 bridgehead atoms. The van der Waals surface area contributed by atoms with Crippen LogP contribution in [0.15, 0.2) is 77.7 Å². The first-order valence-corrected chi connectivity index (χ1v) is 16.0. The number of hydrogen-bond donors (Lipinski definition) is 1. The summed E-state index contributed by atoms with van der Waals surface area (Å²) in [5.41, 5.74) is 2.04. The molecule has 0 heterocycles. The van der Waals surface area contributed by atoms with Crippen LogP contribution in [-0.2, 0) is 26.2 Å². The Bertz CT molecular complexity index is 1460. The molecule has 0 aliphatic carbocycles. The number of ether oxygens (including phenoxy) is 1. The minimum Gasteiger partial charge on any atom is -0.492 e. The summed E-state index contributed by atoms with van der Waals surface area (Å²) in [6.07, 6.45) is 1.08. The van der Waals surface area contributed by atoms with E-state index >= 15 is 0 Å². The number of anilines is 1. The molecule has 0 aliphatic rings. The van der Waals surface area contributed by atoms with Gasteiger partial charge >= 0.3 is 0 Å². The number of nitrogens with one attached hydrogen (secondary N) is 1. The van der Waals surface area contributed by atoms with Crippen LogP contribution in [0.5, 0.6) is 5.75 Å². The predicted molar refractivity (Wildman–Crippen MR) is 167 cm³/mol. The molecule has 0 aliphatic heterocycles. The van der Waals surface area contributed by atoms with Crippen molar-refractivity contribution in [1.29, 1.82) is 0 Å². The molecule has 3 aromatic rings. The molecule has 0 spiro atoms.